The standard InChI is InChI=1S/C12H15FO3/c1-12(2,11(14)15-3)8-16-10-6-4-9(13)5-7-10/h4-7H,8H2,1-3H3. The van der Waals surface area contributed by atoms with Gasteiger partial charge in [-0.2, -0.15) is 0 Å². The van der Waals surface area contributed by atoms with Gasteiger partial charge in [-0.15, -0.1) is 0 Å². The van der Waals surface area contributed by atoms with E-state index in [1.165, 1.54) is 31.4 Å². The molecule has 0 spiro atoms. The molecule has 0 aliphatic rings. The molecule has 1 aromatic carbocycles. The molecular weight excluding hydrogens is 211 g/mol. The molecule has 0 amide bonds. The summed E-state index contributed by atoms with van der Waals surface area (Å²) in [5.41, 5.74) is -0.719. The fourth-order valence-corrected chi connectivity index (χ4v) is 1.13. The van der Waals surface area contributed by atoms with Gasteiger partial charge in [0.1, 0.15) is 18.2 Å². The van der Waals surface area contributed by atoms with E-state index < -0.39 is 5.41 Å². The average molecular weight is 226 g/mol. The molecule has 0 heterocycles. The number of halogens is 1. The van der Waals surface area contributed by atoms with Crippen LogP contribution < -0.4 is 4.74 Å². The fraction of sp³-hybridized carbons (Fsp3) is 0.417. The molecule has 1 aromatic rings. The van der Waals surface area contributed by atoms with Crippen molar-refractivity contribution in [3.63, 3.8) is 0 Å². The minimum atomic E-state index is -0.719. The Balaban J connectivity index is 2.57. The molecule has 0 saturated carbocycles. The highest BCUT2D eigenvalue weighted by Gasteiger charge is 2.29. The average Bonchev–Trinajstić information content (AvgIpc) is 2.27. The number of carbonyl (C=O) groups excluding carboxylic acids is 1. The summed E-state index contributed by atoms with van der Waals surface area (Å²) in [7, 11) is 1.34. The van der Waals surface area contributed by atoms with E-state index in [0.717, 1.165) is 0 Å². The van der Waals surface area contributed by atoms with Gasteiger partial charge in [0, 0.05) is 0 Å². The Morgan fingerprint density at radius 2 is 1.88 bits per heavy atom. The molecule has 16 heavy (non-hydrogen) atoms. The van der Waals surface area contributed by atoms with Crippen molar-refractivity contribution in [2.24, 2.45) is 5.41 Å². The predicted molar refractivity (Wildman–Crippen MR) is 57.7 cm³/mol. The lowest BCUT2D eigenvalue weighted by atomic mass is 9.95. The molecule has 0 atom stereocenters. The van der Waals surface area contributed by atoms with E-state index in [4.69, 9.17) is 4.74 Å². The largest absolute Gasteiger partial charge is 0.492 e. The van der Waals surface area contributed by atoms with Gasteiger partial charge in [0.15, 0.2) is 0 Å². The van der Waals surface area contributed by atoms with E-state index in [0.29, 0.717) is 5.75 Å². The third-order valence-corrected chi connectivity index (χ3v) is 2.15. The van der Waals surface area contributed by atoms with Crippen molar-refractivity contribution in [1.82, 2.24) is 0 Å². The molecular formula is C12H15FO3. The van der Waals surface area contributed by atoms with Crippen LogP contribution in [0.25, 0.3) is 0 Å². The number of hydrogen-bond donors (Lipinski definition) is 0. The van der Waals surface area contributed by atoms with Gasteiger partial charge in [-0.25, -0.2) is 4.39 Å². The predicted octanol–water partition coefficient (Wildman–Crippen LogP) is 2.40. The number of methoxy groups -OCH3 is 1. The maximum Gasteiger partial charge on any atom is 0.314 e. The third kappa shape index (κ3) is 3.22. The zero-order chi connectivity index (χ0) is 12.2. The Kier molecular flexibility index (Phi) is 3.88. The Labute approximate surface area is 94.2 Å². The van der Waals surface area contributed by atoms with Crippen molar-refractivity contribution in [1.29, 1.82) is 0 Å². The molecule has 0 aliphatic heterocycles. The van der Waals surface area contributed by atoms with Crippen LogP contribution in [0.1, 0.15) is 13.8 Å². The summed E-state index contributed by atoms with van der Waals surface area (Å²) >= 11 is 0. The molecule has 1 rings (SSSR count). The number of esters is 1. The van der Waals surface area contributed by atoms with Crippen molar-refractivity contribution in [2.45, 2.75) is 13.8 Å². The molecule has 4 heteroatoms. The summed E-state index contributed by atoms with van der Waals surface area (Å²) in [6.07, 6.45) is 0. The third-order valence-electron chi connectivity index (χ3n) is 2.15. The zero-order valence-corrected chi connectivity index (χ0v) is 9.62. The van der Waals surface area contributed by atoms with Crippen molar-refractivity contribution in [3.05, 3.63) is 30.1 Å². The molecule has 88 valence electrons. The Bertz CT molecular complexity index is 357. The molecule has 0 unspecified atom stereocenters. The quantitative estimate of drug-likeness (QED) is 0.739. The van der Waals surface area contributed by atoms with E-state index in [-0.39, 0.29) is 18.4 Å². The summed E-state index contributed by atoms with van der Waals surface area (Å²) in [5.74, 6) is -0.132. The van der Waals surface area contributed by atoms with Gasteiger partial charge in [-0.05, 0) is 38.1 Å². The highest BCUT2D eigenvalue weighted by molar-refractivity contribution is 5.75. The Morgan fingerprint density at radius 3 is 2.38 bits per heavy atom. The van der Waals surface area contributed by atoms with Gasteiger partial charge in [0.25, 0.3) is 0 Å². The van der Waals surface area contributed by atoms with Crippen LogP contribution in [0, 0.1) is 11.2 Å². The molecule has 0 aromatic heterocycles. The number of benzene rings is 1. The summed E-state index contributed by atoms with van der Waals surface area (Å²) in [6.45, 7) is 3.63. The lowest BCUT2D eigenvalue weighted by Gasteiger charge is -2.21. The highest BCUT2D eigenvalue weighted by Crippen LogP contribution is 2.20. The van der Waals surface area contributed by atoms with Crippen LogP contribution in [-0.2, 0) is 9.53 Å². The van der Waals surface area contributed by atoms with Crippen LogP contribution in [0.4, 0.5) is 4.39 Å². The van der Waals surface area contributed by atoms with Gasteiger partial charge in [-0.3, -0.25) is 4.79 Å². The van der Waals surface area contributed by atoms with Gasteiger partial charge < -0.3 is 9.47 Å². The van der Waals surface area contributed by atoms with E-state index in [2.05, 4.69) is 4.74 Å². The Morgan fingerprint density at radius 1 is 1.31 bits per heavy atom. The van der Waals surface area contributed by atoms with E-state index in [1.807, 2.05) is 0 Å². The van der Waals surface area contributed by atoms with Crippen molar-refractivity contribution in [2.75, 3.05) is 13.7 Å². The minimum Gasteiger partial charge on any atom is -0.492 e. The number of carbonyl (C=O) groups is 1. The lowest BCUT2D eigenvalue weighted by Crippen LogP contribution is -2.32. The summed E-state index contributed by atoms with van der Waals surface area (Å²) in [6, 6.07) is 5.65. The first-order valence-electron chi connectivity index (χ1n) is 4.92. The second-order valence-corrected chi connectivity index (χ2v) is 4.12. The SMILES string of the molecule is COC(=O)C(C)(C)COc1ccc(F)cc1. The van der Waals surface area contributed by atoms with Crippen molar-refractivity contribution < 1.29 is 18.7 Å². The number of rotatable bonds is 4. The summed E-state index contributed by atoms with van der Waals surface area (Å²) < 4.78 is 22.6. The molecule has 0 N–H and O–H groups in total. The van der Waals surface area contributed by atoms with Crippen molar-refractivity contribution in [3.8, 4) is 5.75 Å². The van der Waals surface area contributed by atoms with Gasteiger partial charge in [0.05, 0.1) is 12.5 Å². The summed E-state index contributed by atoms with van der Waals surface area (Å²) in [4.78, 5) is 11.3. The smallest absolute Gasteiger partial charge is 0.314 e. The van der Waals surface area contributed by atoms with E-state index in [1.54, 1.807) is 13.8 Å². The van der Waals surface area contributed by atoms with Crippen molar-refractivity contribution >= 4 is 5.97 Å². The van der Waals surface area contributed by atoms with Crippen LogP contribution in [0.3, 0.4) is 0 Å². The van der Waals surface area contributed by atoms with E-state index in [9.17, 15) is 9.18 Å². The number of ether oxygens (including phenoxy) is 2. The van der Waals surface area contributed by atoms with Gasteiger partial charge >= 0.3 is 5.97 Å². The molecule has 3 nitrogen and oxygen atoms in total. The molecule has 0 aliphatic carbocycles. The zero-order valence-electron chi connectivity index (χ0n) is 9.62. The maximum atomic E-state index is 12.6. The number of hydrogen-bond acceptors (Lipinski definition) is 3. The molecule has 0 fully saturated rings. The minimum absolute atomic E-state index is 0.186. The highest BCUT2D eigenvalue weighted by atomic mass is 19.1. The first kappa shape index (κ1) is 12.5. The normalized spacial score (nSPS) is 11.0. The van der Waals surface area contributed by atoms with Gasteiger partial charge in [0.2, 0.25) is 0 Å². The first-order valence-corrected chi connectivity index (χ1v) is 4.92. The lowest BCUT2D eigenvalue weighted by molar-refractivity contribution is -0.152. The van der Waals surface area contributed by atoms with Crippen LogP contribution in [0.15, 0.2) is 24.3 Å². The fourth-order valence-electron chi connectivity index (χ4n) is 1.13. The second kappa shape index (κ2) is 4.96. The van der Waals surface area contributed by atoms with Crippen LogP contribution >= 0.6 is 0 Å². The van der Waals surface area contributed by atoms with Crippen LogP contribution in [0.2, 0.25) is 0 Å². The monoisotopic (exact) mass is 226 g/mol. The Hall–Kier alpha value is -1.58. The van der Waals surface area contributed by atoms with E-state index >= 15 is 0 Å². The summed E-state index contributed by atoms with van der Waals surface area (Å²) in [5, 5.41) is 0. The topological polar surface area (TPSA) is 35.5 Å². The van der Waals surface area contributed by atoms with Gasteiger partial charge in [-0.1, -0.05) is 0 Å². The first-order chi connectivity index (χ1) is 7.45. The van der Waals surface area contributed by atoms with Crippen LogP contribution in [-0.4, -0.2) is 19.7 Å². The second-order valence-electron chi connectivity index (χ2n) is 4.12. The molecule has 0 saturated heterocycles. The molecule has 0 bridgehead atoms. The maximum absolute atomic E-state index is 12.6. The molecule has 0 radical (unpaired) electrons. The van der Waals surface area contributed by atoms with Crippen LogP contribution in [0.5, 0.6) is 5.75 Å².